The molecule has 12 nitrogen and oxygen atoms in total. The van der Waals surface area contributed by atoms with Crippen LogP contribution in [0.4, 0.5) is 0 Å². The maximum absolute atomic E-state index is 13.3. The first kappa shape index (κ1) is 33.0. The van der Waals surface area contributed by atoms with Crippen LogP contribution in [0.25, 0.3) is 0 Å². The standard InChI is InChI=1S/C32H30O12/c1-20(33)40-26(19-39-29(36)23-13-7-4-8-14-23)27(43-30(37)24-15-9-5-10-16-24)28(32(41-21(2)34)42-22(3)35)44-31(38)25-17-11-6-12-18-25/h4-18,26-28,32H,19H2,1-3H3/t26-,27-,28+/m0/s1. The Balaban J connectivity index is 2.10. The minimum Gasteiger partial charge on any atom is -0.458 e. The highest BCUT2D eigenvalue weighted by Gasteiger charge is 2.46. The van der Waals surface area contributed by atoms with Crippen LogP contribution in [0.2, 0.25) is 0 Å². The molecule has 0 aliphatic heterocycles. The molecule has 0 N–H and O–H groups in total. The molecule has 3 aromatic rings. The average Bonchev–Trinajstić information content (AvgIpc) is 3.01. The van der Waals surface area contributed by atoms with Crippen LogP contribution >= 0.6 is 0 Å². The molecule has 0 aliphatic rings. The van der Waals surface area contributed by atoms with Crippen molar-refractivity contribution in [3.8, 4) is 0 Å². The molecule has 230 valence electrons. The molecule has 0 spiro atoms. The van der Waals surface area contributed by atoms with Gasteiger partial charge in [-0.2, -0.15) is 0 Å². The highest BCUT2D eigenvalue weighted by molar-refractivity contribution is 5.91. The Morgan fingerprint density at radius 1 is 0.477 bits per heavy atom. The number of benzene rings is 3. The summed E-state index contributed by atoms with van der Waals surface area (Å²) in [6.07, 6.45) is -7.43. The van der Waals surface area contributed by atoms with Crippen molar-refractivity contribution in [1.29, 1.82) is 0 Å². The Labute approximate surface area is 252 Å². The number of hydrogen-bond donors (Lipinski definition) is 0. The lowest BCUT2D eigenvalue weighted by atomic mass is 10.1. The molecule has 0 bridgehead atoms. The van der Waals surface area contributed by atoms with Crippen molar-refractivity contribution >= 4 is 35.8 Å². The number of carbonyl (C=O) groups is 6. The Morgan fingerprint density at radius 3 is 1.23 bits per heavy atom. The third-order valence-corrected chi connectivity index (χ3v) is 5.73. The number of ether oxygens (including phenoxy) is 6. The molecule has 0 saturated carbocycles. The van der Waals surface area contributed by atoms with E-state index in [2.05, 4.69) is 0 Å². The predicted octanol–water partition coefficient (Wildman–Crippen LogP) is 3.68. The van der Waals surface area contributed by atoms with Gasteiger partial charge in [0.05, 0.1) is 16.7 Å². The minimum absolute atomic E-state index is 0.0366. The van der Waals surface area contributed by atoms with Gasteiger partial charge in [-0.3, -0.25) is 14.4 Å². The Morgan fingerprint density at radius 2 is 0.841 bits per heavy atom. The van der Waals surface area contributed by atoms with Crippen molar-refractivity contribution in [2.45, 2.75) is 45.4 Å². The molecule has 0 fully saturated rings. The molecule has 44 heavy (non-hydrogen) atoms. The number of hydrogen-bond acceptors (Lipinski definition) is 12. The summed E-state index contributed by atoms with van der Waals surface area (Å²) in [5, 5.41) is 0. The summed E-state index contributed by atoms with van der Waals surface area (Å²) in [6, 6.07) is 23.1. The molecular formula is C32H30O12. The summed E-state index contributed by atoms with van der Waals surface area (Å²) >= 11 is 0. The van der Waals surface area contributed by atoms with Crippen LogP contribution in [0.15, 0.2) is 91.0 Å². The molecule has 3 aromatic carbocycles. The lowest BCUT2D eigenvalue weighted by Gasteiger charge is -2.35. The van der Waals surface area contributed by atoms with Crippen LogP contribution in [0.3, 0.4) is 0 Å². The van der Waals surface area contributed by atoms with E-state index >= 15 is 0 Å². The zero-order valence-electron chi connectivity index (χ0n) is 24.1. The quantitative estimate of drug-likeness (QED) is 0.158. The lowest BCUT2D eigenvalue weighted by molar-refractivity contribution is -0.225. The Hall–Kier alpha value is -5.52. The van der Waals surface area contributed by atoms with Crippen molar-refractivity contribution in [2.75, 3.05) is 6.61 Å². The van der Waals surface area contributed by atoms with Crippen molar-refractivity contribution < 1.29 is 57.2 Å². The van der Waals surface area contributed by atoms with Gasteiger partial charge in [0.15, 0.2) is 12.2 Å². The molecule has 0 saturated heterocycles. The molecule has 3 rings (SSSR count). The molecule has 0 amide bonds. The highest BCUT2D eigenvalue weighted by Crippen LogP contribution is 2.23. The molecule has 0 aromatic heterocycles. The van der Waals surface area contributed by atoms with E-state index < -0.39 is 67.0 Å². The van der Waals surface area contributed by atoms with E-state index in [4.69, 9.17) is 28.4 Å². The Kier molecular flexibility index (Phi) is 12.1. The van der Waals surface area contributed by atoms with Crippen LogP contribution in [-0.2, 0) is 42.8 Å². The maximum Gasteiger partial charge on any atom is 0.338 e. The molecular weight excluding hydrogens is 576 g/mol. The molecule has 12 heteroatoms. The molecule has 3 atom stereocenters. The molecule has 0 radical (unpaired) electrons. The molecule has 0 heterocycles. The average molecular weight is 607 g/mol. The fourth-order valence-electron chi connectivity index (χ4n) is 3.87. The molecule has 0 unspecified atom stereocenters. The van der Waals surface area contributed by atoms with Gasteiger partial charge in [0, 0.05) is 20.8 Å². The van der Waals surface area contributed by atoms with Gasteiger partial charge in [-0.05, 0) is 36.4 Å². The third-order valence-electron chi connectivity index (χ3n) is 5.73. The van der Waals surface area contributed by atoms with Crippen molar-refractivity contribution in [1.82, 2.24) is 0 Å². The van der Waals surface area contributed by atoms with Crippen LogP contribution in [-0.4, -0.2) is 67.0 Å². The zero-order chi connectivity index (χ0) is 32.1. The monoisotopic (exact) mass is 606 g/mol. The van der Waals surface area contributed by atoms with Crippen LogP contribution in [0.5, 0.6) is 0 Å². The second-order valence-electron chi connectivity index (χ2n) is 9.17. The number of carbonyl (C=O) groups excluding carboxylic acids is 6. The van der Waals surface area contributed by atoms with Gasteiger partial charge in [-0.15, -0.1) is 0 Å². The predicted molar refractivity (Wildman–Crippen MR) is 151 cm³/mol. The van der Waals surface area contributed by atoms with Crippen LogP contribution in [0.1, 0.15) is 51.8 Å². The minimum atomic E-state index is -1.99. The van der Waals surface area contributed by atoms with Crippen LogP contribution in [0, 0.1) is 0 Å². The first-order chi connectivity index (χ1) is 21.0. The largest absolute Gasteiger partial charge is 0.458 e. The first-order valence-electron chi connectivity index (χ1n) is 13.3. The van der Waals surface area contributed by atoms with E-state index in [1.54, 1.807) is 54.6 Å². The van der Waals surface area contributed by atoms with E-state index in [1.165, 1.54) is 36.4 Å². The highest BCUT2D eigenvalue weighted by atomic mass is 16.7. The van der Waals surface area contributed by atoms with Crippen molar-refractivity contribution in [2.24, 2.45) is 0 Å². The number of rotatable bonds is 13. The second-order valence-corrected chi connectivity index (χ2v) is 9.17. The zero-order valence-corrected chi connectivity index (χ0v) is 24.1. The summed E-state index contributed by atoms with van der Waals surface area (Å²) < 4.78 is 32.5. The SMILES string of the molecule is CC(=O)OC(OC(C)=O)[C@H](OC(=O)c1ccccc1)[C@@H](OC(=O)c1ccccc1)[C@H](COC(=O)c1ccccc1)OC(C)=O. The van der Waals surface area contributed by atoms with Crippen molar-refractivity contribution in [3.05, 3.63) is 108 Å². The van der Waals surface area contributed by atoms with Gasteiger partial charge in [0.1, 0.15) is 6.61 Å². The molecule has 0 aliphatic carbocycles. The summed E-state index contributed by atoms with van der Waals surface area (Å²) in [6.45, 7) is 2.33. The topological polar surface area (TPSA) is 158 Å². The van der Waals surface area contributed by atoms with E-state index in [0.29, 0.717) is 0 Å². The van der Waals surface area contributed by atoms with Gasteiger partial charge in [-0.1, -0.05) is 54.6 Å². The second kappa shape index (κ2) is 16.2. The summed E-state index contributed by atoms with van der Waals surface area (Å²) in [4.78, 5) is 75.7. The lowest BCUT2D eigenvalue weighted by Crippen LogP contribution is -2.54. The summed E-state index contributed by atoms with van der Waals surface area (Å²) in [5.41, 5.74) is 0.247. The normalized spacial score (nSPS) is 12.5. The number of esters is 6. The Bertz CT molecular complexity index is 1420. The first-order valence-corrected chi connectivity index (χ1v) is 13.3. The van der Waals surface area contributed by atoms with Gasteiger partial charge < -0.3 is 28.4 Å². The van der Waals surface area contributed by atoms with E-state index in [9.17, 15) is 28.8 Å². The van der Waals surface area contributed by atoms with E-state index in [1.807, 2.05) is 0 Å². The van der Waals surface area contributed by atoms with Gasteiger partial charge >= 0.3 is 35.8 Å². The van der Waals surface area contributed by atoms with Gasteiger partial charge in [0.25, 0.3) is 6.29 Å². The maximum atomic E-state index is 13.3. The summed E-state index contributed by atoms with van der Waals surface area (Å²) in [5.74, 6) is -5.59. The fraction of sp³-hybridized carbons (Fsp3) is 0.250. The fourth-order valence-corrected chi connectivity index (χ4v) is 3.87. The van der Waals surface area contributed by atoms with Gasteiger partial charge in [-0.25, -0.2) is 14.4 Å². The van der Waals surface area contributed by atoms with E-state index in [0.717, 1.165) is 20.8 Å². The summed E-state index contributed by atoms with van der Waals surface area (Å²) in [7, 11) is 0. The van der Waals surface area contributed by atoms with E-state index in [-0.39, 0.29) is 16.7 Å². The van der Waals surface area contributed by atoms with Crippen LogP contribution < -0.4 is 0 Å². The van der Waals surface area contributed by atoms with Crippen molar-refractivity contribution in [3.63, 3.8) is 0 Å². The third kappa shape index (κ3) is 10.1. The smallest absolute Gasteiger partial charge is 0.338 e. The van der Waals surface area contributed by atoms with Gasteiger partial charge in [0.2, 0.25) is 6.10 Å².